The van der Waals surface area contributed by atoms with Crippen molar-refractivity contribution in [1.82, 2.24) is 5.32 Å². The number of carbonyl (C=O) groups is 2. The van der Waals surface area contributed by atoms with Gasteiger partial charge in [-0.15, -0.1) is 0 Å². The minimum atomic E-state index is -0.226. The van der Waals surface area contributed by atoms with Crippen LogP contribution in [0.4, 0.5) is 0 Å². The fourth-order valence-corrected chi connectivity index (χ4v) is 0.951. The molecule has 0 aliphatic carbocycles. The van der Waals surface area contributed by atoms with Crippen molar-refractivity contribution in [3.05, 3.63) is 11.8 Å². The molecule has 0 bridgehead atoms. The van der Waals surface area contributed by atoms with Crippen molar-refractivity contribution in [2.75, 3.05) is 13.2 Å². The van der Waals surface area contributed by atoms with Gasteiger partial charge in [-0.2, -0.15) is 0 Å². The van der Waals surface area contributed by atoms with Gasteiger partial charge in [-0.25, -0.2) is 0 Å². The van der Waals surface area contributed by atoms with E-state index in [1.807, 2.05) is 0 Å². The van der Waals surface area contributed by atoms with Gasteiger partial charge in [0.1, 0.15) is 0 Å². The highest BCUT2D eigenvalue weighted by Gasteiger charge is 2.00. The largest absolute Gasteiger partial charge is 0.466 e. The molecule has 0 rings (SSSR count). The summed E-state index contributed by atoms with van der Waals surface area (Å²) >= 11 is 0. The number of ketones is 1. The van der Waals surface area contributed by atoms with Crippen molar-refractivity contribution in [2.24, 2.45) is 0 Å². The fraction of sp³-hybridized carbons (Fsp3) is 0.600. The summed E-state index contributed by atoms with van der Waals surface area (Å²) < 4.78 is 4.74. The third kappa shape index (κ3) is 7.34. The van der Waals surface area contributed by atoms with Crippen LogP contribution >= 0.6 is 0 Å². The highest BCUT2D eigenvalue weighted by atomic mass is 16.5. The number of ether oxygens (including phenoxy) is 1. The molecule has 1 N–H and O–H groups in total. The molecule has 0 fully saturated rings. The van der Waals surface area contributed by atoms with Crippen LogP contribution in [-0.4, -0.2) is 24.9 Å². The van der Waals surface area contributed by atoms with Crippen molar-refractivity contribution in [3.63, 3.8) is 0 Å². The molecule has 0 aromatic heterocycles. The van der Waals surface area contributed by atoms with Gasteiger partial charge in [0.15, 0.2) is 5.78 Å². The van der Waals surface area contributed by atoms with Gasteiger partial charge >= 0.3 is 5.97 Å². The van der Waals surface area contributed by atoms with E-state index in [4.69, 9.17) is 4.74 Å². The first-order valence-electron chi connectivity index (χ1n) is 4.64. The van der Waals surface area contributed by atoms with Crippen molar-refractivity contribution < 1.29 is 14.3 Å². The molecule has 4 nitrogen and oxygen atoms in total. The number of carbonyl (C=O) groups excluding carboxylic acids is 2. The molecule has 0 unspecified atom stereocenters. The number of esters is 1. The van der Waals surface area contributed by atoms with Crippen LogP contribution in [0.3, 0.4) is 0 Å². The van der Waals surface area contributed by atoms with E-state index in [0.29, 0.717) is 19.6 Å². The summed E-state index contributed by atoms with van der Waals surface area (Å²) in [4.78, 5) is 21.5. The molecule has 0 saturated heterocycles. The van der Waals surface area contributed by atoms with Crippen molar-refractivity contribution in [2.45, 2.75) is 27.2 Å². The molecule has 0 aromatic rings. The summed E-state index contributed by atoms with van der Waals surface area (Å²) in [5.74, 6) is -0.234. The molecule has 0 aromatic carbocycles. The van der Waals surface area contributed by atoms with Crippen molar-refractivity contribution >= 4 is 11.8 Å². The number of hydrogen-bond donors (Lipinski definition) is 1. The van der Waals surface area contributed by atoms with E-state index in [9.17, 15) is 9.59 Å². The Bertz CT molecular complexity index is 234. The third-order valence-electron chi connectivity index (χ3n) is 1.46. The topological polar surface area (TPSA) is 55.4 Å². The number of hydrogen-bond acceptors (Lipinski definition) is 4. The van der Waals surface area contributed by atoms with Gasteiger partial charge in [0, 0.05) is 12.2 Å². The second-order valence-electron chi connectivity index (χ2n) is 2.92. The van der Waals surface area contributed by atoms with E-state index in [1.54, 1.807) is 13.8 Å². The molecule has 14 heavy (non-hydrogen) atoms. The second-order valence-corrected chi connectivity index (χ2v) is 2.92. The van der Waals surface area contributed by atoms with Crippen molar-refractivity contribution in [3.8, 4) is 0 Å². The molecule has 0 saturated carbocycles. The average molecular weight is 199 g/mol. The van der Waals surface area contributed by atoms with Gasteiger partial charge < -0.3 is 10.1 Å². The zero-order chi connectivity index (χ0) is 11.0. The van der Waals surface area contributed by atoms with Crippen LogP contribution in [-0.2, 0) is 14.3 Å². The van der Waals surface area contributed by atoms with Gasteiger partial charge in [-0.05, 0) is 26.8 Å². The zero-order valence-corrected chi connectivity index (χ0v) is 8.92. The Balaban J connectivity index is 3.64. The first kappa shape index (κ1) is 12.7. The number of rotatable bonds is 6. The fourth-order valence-electron chi connectivity index (χ4n) is 0.951. The number of allylic oxidation sites excluding steroid dienone is 2. The maximum atomic E-state index is 10.9. The molecule has 0 heterocycles. The zero-order valence-electron chi connectivity index (χ0n) is 8.92. The van der Waals surface area contributed by atoms with Gasteiger partial charge in [-0.1, -0.05) is 0 Å². The van der Waals surface area contributed by atoms with Gasteiger partial charge in [0.05, 0.1) is 13.0 Å². The van der Waals surface area contributed by atoms with Crippen LogP contribution in [0.1, 0.15) is 27.2 Å². The van der Waals surface area contributed by atoms with E-state index < -0.39 is 0 Å². The van der Waals surface area contributed by atoms with Gasteiger partial charge in [0.2, 0.25) is 0 Å². The molecule has 80 valence electrons. The highest BCUT2D eigenvalue weighted by Crippen LogP contribution is 1.90. The smallest absolute Gasteiger partial charge is 0.307 e. The van der Waals surface area contributed by atoms with E-state index in [1.165, 1.54) is 13.0 Å². The predicted octanol–water partition coefficient (Wildman–Crippen LogP) is 1.02. The van der Waals surface area contributed by atoms with Crippen LogP contribution < -0.4 is 5.32 Å². The van der Waals surface area contributed by atoms with Gasteiger partial charge in [0.25, 0.3) is 0 Å². The summed E-state index contributed by atoms with van der Waals surface area (Å²) in [7, 11) is 0. The molecular weight excluding hydrogens is 182 g/mol. The monoisotopic (exact) mass is 199 g/mol. The van der Waals surface area contributed by atoms with Crippen LogP contribution in [0.2, 0.25) is 0 Å². The van der Waals surface area contributed by atoms with Crippen LogP contribution in [0.15, 0.2) is 11.8 Å². The van der Waals surface area contributed by atoms with Gasteiger partial charge in [-0.3, -0.25) is 9.59 Å². The Morgan fingerprint density at radius 2 is 2.00 bits per heavy atom. The maximum absolute atomic E-state index is 10.9. The minimum Gasteiger partial charge on any atom is -0.466 e. The summed E-state index contributed by atoms with van der Waals surface area (Å²) in [6.07, 6.45) is 1.81. The third-order valence-corrected chi connectivity index (χ3v) is 1.46. The summed E-state index contributed by atoms with van der Waals surface area (Å²) in [5, 5.41) is 2.94. The van der Waals surface area contributed by atoms with Crippen LogP contribution in [0, 0.1) is 0 Å². The van der Waals surface area contributed by atoms with Crippen molar-refractivity contribution in [1.29, 1.82) is 0 Å². The standard InChI is InChI=1S/C10H17NO3/c1-4-14-10(13)5-6-11-8(2)7-9(3)12/h7,11H,4-6H2,1-3H3/b8-7+. The van der Waals surface area contributed by atoms with E-state index in [-0.39, 0.29) is 11.8 Å². The molecule has 4 heteroatoms. The maximum Gasteiger partial charge on any atom is 0.307 e. The van der Waals surface area contributed by atoms with E-state index in [0.717, 1.165) is 5.70 Å². The Hall–Kier alpha value is -1.32. The van der Waals surface area contributed by atoms with E-state index >= 15 is 0 Å². The first-order valence-corrected chi connectivity index (χ1v) is 4.64. The Kier molecular flexibility index (Phi) is 6.45. The molecule has 0 atom stereocenters. The van der Waals surface area contributed by atoms with Crippen LogP contribution in [0.25, 0.3) is 0 Å². The normalized spacial score (nSPS) is 10.9. The predicted molar refractivity (Wildman–Crippen MR) is 53.7 cm³/mol. The lowest BCUT2D eigenvalue weighted by Crippen LogP contribution is -2.18. The molecule has 0 aliphatic rings. The molecule has 0 amide bonds. The summed E-state index contributed by atoms with van der Waals surface area (Å²) in [6.45, 7) is 5.94. The highest BCUT2D eigenvalue weighted by molar-refractivity contribution is 5.87. The summed E-state index contributed by atoms with van der Waals surface area (Å²) in [6, 6.07) is 0. The molecule has 0 aliphatic heterocycles. The molecular formula is C10H17NO3. The SMILES string of the molecule is CCOC(=O)CCN/C(C)=C/C(C)=O. The minimum absolute atomic E-state index is 0.00821. The lowest BCUT2D eigenvalue weighted by Gasteiger charge is -2.05. The Morgan fingerprint density at radius 1 is 1.36 bits per heavy atom. The quantitative estimate of drug-likeness (QED) is 0.512. The Labute approximate surface area is 84.3 Å². The Morgan fingerprint density at radius 3 is 2.50 bits per heavy atom. The van der Waals surface area contributed by atoms with Crippen LogP contribution in [0.5, 0.6) is 0 Å². The second kappa shape index (κ2) is 7.12. The van der Waals surface area contributed by atoms with E-state index in [2.05, 4.69) is 5.32 Å². The lowest BCUT2D eigenvalue weighted by molar-refractivity contribution is -0.142. The first-order chi connectivity index (χ1) is 6.56. The summed E-state index contributed by atoms with van der Waals surface area (Å²) in [5.41, 5.74) is 0.766. The molecule has 0 spiro atoms. The molecule has 0 radical (unpaired) electrons. The lowest BCUT2D eigenvalue weighted by atomic mass is 10.3. The average Bonchev–Trinajstić information content (AvgIpc) is 2.02. The number of nitrogens with one attached hydrogen (secondary N) is 1.